The van der Waals surface area contributed by atoms with Gasteiger partial charge in [0.2, 0.25) is 0 Å². The lowest BCUT2D eigenvalue weighted by atomic mass is 10.4. The van der Waals surface area contributed by atoms with E-state index in [1.54, 1.807) is 11.3 Å². The third-order valence-electron chi connectivity index (χ3n) is 3.03. The molecule has 0 saturated heterocycles. The lowest BCUT2D eigenvalue weighted by Gasteiger charge is -2.09. The van der Waals surface area contributed by atoms with Crippen molar-refractivity contribution < 1.29 is 0 Å². The van der Waals surface area contributed by atoms with Gasteiger partial charge in [0.05, 0.1) is 11.4 Å². The zero-order valence-corrected chi connectivity index (χ0v) is 12.9. The molecule has 0 spiro atoms. The second-order valence-corrected chi connectivity index (χ2v) is 5.64. The molecule has 3 aromatic heterocycles. The maximum Gasteiger partial charge on any atom is 0.150 e. The number of nitrogens with zero attached hydrogens (tertiary/aromatic N) is 4. The van der Waals surface area contributed by atoms with E-state index in [0.717, 1.165) is 34.6 Å². The minimum absolute atomic E-state index is 0.618. The predicted molar refractivity (Wildman–Crippen MR) is 85.6 cm³/mol. The van der Waals surface area contributed by atoms with Crippen molar-refractivity contribution in [3.63, 3.8) is 0 Å². The second-order valence-electron chi connectivity index (χ2n) is 4.70. The standard InChI is InChI=1S/C15H17N5S/c1-3-16-13-9-11(2)18-14(19-13)10-20-7-6-17-15(20)12-5-4-8-21-12/h4-9H,3,10H2,1-2H3,(H,16,18,19). The number of rotatable bonds is 5. The van der Waals surface area contributed by atoms with Gasteiger partial charge in [-0.25, -0.2) is 15.0 Å². The van der Waals surface area contributed by atoms with Crippen molar-refractivity contribution in [2.24, 2.45) is 0 Å². The highest BCUT2D eigenvalue weighted by Gasteiger charge is 2.09. The summed E-state index contributed by atoms with van der Waals surface area (Å²) in [6, 6.07) is 6.07. The number of thiophene rings is 1. The quantitative estimate of drug-likeness (QED) is 0.786. The first-order valence-corrected chi connectivity index (χ1v) is 7.77. The lowest BCUT2D eigenvalue weighted by molar-refractivity contribution is 0.747. The molecule has 3 heterocycles. The summed E-state index contributed by atoms with van der Waals surface area (Å²) in [5.41, 5.74) is 0.966. The van der Waals surface area contributed by atoms with Crippen molar-refractivity contribution >= 4 is 17.2 Å². The van der Waals surface area contributed by atoms with E-state index in [0.29, 0.717) is 6.54 Å². The Kier molecular flexibility index (Phi) is 3.96. The summed E-state index contributed by atoms with van der Waals surface area (Å²) in [6.07, 6.45) is 3.78. The topological polar surface area (TPSA) is 55.6 Å². The minimum Gasteiger partial charge on any atom is -0.370 e. The van der Waals surface area contributed by atoms with Crippen molar-refractivity contribution in [3.8, 4) is 10.7 Å². The molecule has 0 unspecified atom stereocenters. The molecule has 0 atom stereocenters. The van der Waals surface area contributed by atoms with Gasteiger partial charge in [-0.05, 0) is 25.3 Å². The second kappa shape index (κ2) is 6.05. The van der Waals surface area contributed by atoms with Gasteiger partial charge in [0, 0.05) is 30.7 Å². The monoisotopic (exact) mass is 299 g/mol. The van der Waals surface area contributed by atoms with Gasteiger partial charge in [-0.2, -0.15) is 0 Å². The van der Waals surface area contributed by atoms with Crippen LogP contribution in [0.1, 0.15) is 18.4 Å². The van der Waals surface area contributed by atoms with Gasteiger partial charge in [0.25, 0.3) is 0 Å². The van der Waals surface area contributed by atoms with Crippen LogP contribution in [0.3, 0.4) is 0 Å². The fourth-order valence-electron chi connectivity index (χ4n) is 2.19. The smallest absolute Gasteiger partial charge is 0.150 e. The first kappa shape index (κ1) is 13.8. The van der Waals surface area contributed by atoms with E-state index >= 15 is 0 Å². The minimum atomic E-state index is 0.618. The molecule has 5 nitrogen and oxygen atoms in total. The summed E-state index contributed by atoms with van der Waals surface area (Å²) in [5, 5.41) is 5.29. The van der Waals surface area contributed by atoms with E-state index in [1.165, 1.54) is 0 Å². The number of imidazole rings is 1. The Hall–Kier alpha value is -2.21. The van der Waals surface area contributed by atoms with Gasteiger partial charge in [0.1, 0.15) is 11.6 Å². The van der Waals surface area contributed by atoms with Gasteiger partial charge in [-0.15, -0.1) is 11.3 Å². The maximum atomic E-state index is 4.55. The van der Waals surface area contributed by atoms with E-state index in [2.05, 4.69) is 43.2 Å². The summed E-state index contributed by atoms with van der Waals surface area (Å²) in [5.74, 6) is 2.62. The zero-order valence-electron chi connectivity index (χ0n) is 12.1. The van der Waals surface area contributed by atoms with Crippen molar-refractivity contribution in [2.45, 2.75) is 20.4 Å². The molecule has 0 radical (unpaired) electrons. The van der Waals surface area contributed by atoms with Crippen LogP contribution < -0.4 is 5.32 Å². The molecule has 1 N–H and O–H groups in total. The highest BCUT2D eigenvalue weighted by atomic mass is 32.1. The Morgan fingerprint density at radius 3 is 3.00 bits per heavy atom. The van der Waals surface area contributed by atoms with Crippen LogP contribution in [0.15, 0.2) is 36.0 Å². The molecule has 0 bridgehead atoms. The van der Waals surface area contributed by atoms with Crippen LogP contribution in [0.25, 0.3) is 10.7 Å². The summed E-state index contributed by atoms with van der Waals surface area (Å²) < 4.78 is 2.08. The Morgan fingerprint density at radius 1 is 1.33 bits per heavy atom. The Balaban J connectivity index is 1.89. The molecule has 3 aromatic rings. The summed E-state index contributed by atoms with van der Waals surface area (Å²) in [4.78, 5) is 14.7. The summed E-state index contributed by atoms with van der Waals surface area (Å²) in [7, 11) is 0. The van der Waals surface area contributed by atoms with E-state index in [-0.39, 0.29) is 0 Å². The van der Waals surface area contributed by atoms with E-state index in [9.17, 15) is 0 Å². The highest BCUT2D eigenvalue weighted by molar-refractivity contribution is 7.13. The number of aromatic nitrogens is 4. The van der Waals surface area contributed by atoms with Crippen molar-refractivity contribution in [1.82, 2.24) is 19.5 Å². The molecule has 0 amide bonds. The van der Waals surface area contributed by atoms with Crippen LogP contribution in [0.5, 0.6) is 0 Å². The number of anilines is 1. The van der Waals surface area contributed by atoms with Crippen LogP contribution >= 0.6 is 11.3 Å². The van der Waals surface area contributed by atoms with Gasteiger partial charge in [-0.3, -0.25) is 0 Å². The highest BCUT2D eigenvalue weighted by Crippen LogP contribution is 2.23. The van der Waals surface area contributed by atoms with Gasteiger partial charge < -0.3 is 9.88 Å². The molecule has 6 heteroatoms. The van der Waals surface area contributed by atoms with Crippen LogP contribution in [0.2, 0.25) is 0 Å². The SMILES string of the molecule is CCNc1cc(C)nc(Cn2ccnc2-c2cccs2)n1. The fourth-order valence-corrected chi connectivity index (χ4v) is 2.93. The van der Waals surface area contributed by atoms with E-state index in [1.807, 2.05) is 31.5 Å². The molecule has 21 heavy (non-hydrogen) atoms. The Labute approximate surface area is 127 Å². The molecule has 3 rings (SSSR count). The van der Waals surface area contributed by atoms with Crippen LogP contribution in [0.4, 0.5) is 5.82 Å². The van der Waals surface area contributed by atoms with Gasteiger partial charge in [-0.1, -0.05) is 6.07 Å². The van der Waals surface area contributed by atoms with Crippen molar-refractivity contribution in [3.05, 3.63) is 47.5 Å². The summed E-state index contributed by atoms with van der Waals surface area (Å²) >= 11 is 1.68. The third-order valence-corrected chi connectivity index (χ3v) is 3.89. The first-order chi connectivity index (χ1) is 10.3. The molecule has 0 aliphatic carbocycles. The summed E-state index contributed by atoms with van der Waals surface area (Å²) in [6.45, 7) is 5.51. The number of nitrogens with one attached hydrogen (secondary N) is 1. The number of hydrogen-bond donors (Lipinski definition) is 1. The zero-order chi connectivity index (χ0) is 14.7. The van der Waals surface area contributed by atoms with Gasteiger partial charge >= 0.3 is 0 Å². The molecular formula is C15H17N5S. The largest absolute Gasteiger partial charge is 0.370 e. The first-order valence-electron chi connectivity index (χ1n) is 6.89. The number of hydrogen-bond acceptors (Lipinski definition) is 5. The normalized spacial score (nSPS) is 10.8. The van der Waals surface area contributed by atoms with Crippen LogP contribution in [0, 0.1) is 6.92 Å². The van der Waals surface area contributed by atoms with E-state index < -0.39 is 0 Å². The molecule has 0 aromatic carbocycles. The maximum absolute atomic E-state index is 4.55. The van der Waals surface area contributed by atoms with Crippen molar-refractivity contribution in [2.75, 3.05) is 11.9 Å². The van der Waals surface area contributed by atoms with E-state index in [4.69, 9.17) is 0 Å². The predicted octanol–water partition coefficient (Wildman–Crippen LogP) is 3.19. The van der Waals surface area contributed by atoms with Crippen LogP contribution in [-0.2, 0) is 6.54 Å². The van der Waals surface area contributed by atoms with Crippen LogP contribution in [-0.4, -0.2) is 26.1 Å². The number of aryl methyl sites for hydroxylation is 1. The Bertz CT molecular complexity index is 718. The van der Waals surface area contributed by atoms with Crippen molar-refractivity contribution in [1.29, 1.82) is 0 Å². The molecule has 0 saturated carbocycles. The molecular weight excluding hydrogens is 282 g/mol. The van der Waals surface area contributed by atoms with Gasteiger partial charge in [0.15, 0.2) is 5.82 Å². The average molecular weight is 299 g/mol. The molecule has 0 aliphatic rings. The molecule has 108 valence electrons. The third kappa shape index (κ3) is 3.11. The molecule has 0 aliphatic heterocycles. The average Bonchev–Trinajstić information content (AvgIpc) is 3.08. The molecule has 0 fully saturated rings. The fraction of sp³-hybridized carbons (Fsp3) is 0.267. The Morgan fingerprint density at radius 2 is 2.24 bits per heavy atom. The lowest BCUT2D eigenvalue weighted by Crippen LogP contribution is -2.09.